The summed E-state index contributed by atoms with van der Waals surface area (Å²) in [5.41, 5.74) is 0. The molecule has 16 heavy (non-hydrogen) atoms. The summed E-state index contributed by atoms with van der Waals surface area (Å²) in [5, 5.41) is 3.28. The van der Waals surface area contributed by atoms with E-state index in [1.165, 1.54) is 37.9 Å². The Morgan fingerprint density at radius 3 is 2.69 bits per heavy atom. The Kier molecular flexibility index (Phi) is 3.75. The summed E-state index contributed by atoms with van der Waals surface area (Å²) in [7, 11) is 0. The largest absolute Gasteiger partial charge is 0.370 e. The van der Waals surface area contributed by atoms with Gasteiger partial charge >= 0.3 is 0 Å². The first kappa shape index (κ1) is 11.4. The van der Waals surface area contributed by atoms with Gasteiger partial charge in [-0.05, 0) is 36.8 Å². The van der Waals surface area contributed by atoms with E-state index in [4.69, 9.17) is 0 Å². The molecule has 3 heteroatoms. The molecule has 0 atom stereocenters. The topological polar surface area (TPSA) is 24.9 Å². The Bertz CT molecular complexity index is 315. The van der Waals surface area contributed by atoms with Crippen LogP contribution in [0.25, 0.3) is 0 Å². The Labute approximate surface area is 96.3 Å². The van der Waals surface area contributed by atoms with Crippen LogP contribution in [0.4, 0.5) is 10.2 Å². The van der Waals surface area contributed by atoms with Gasteiger partial charge in [0.2, 0.25) is 0 Å². The monoisotopic (exact) mass is 222 g/mol. The normalized spacial score (nSPS) is 25.4. The molecule has 0 amide bonds. The summed E-state index contributed by atoms with van der Waals surface area (Å²) in [4.78, 5) is 3.99. The number of rotatable bonds is 3. The molecule has 1 aromatic rings. The molecule has 1 aromatic heterocycles. The number of aromatic nitrogens is 1. The molecule has 0 aliphatic heterocycles. The summed E-state index contributed by atoms with van der Waals surface area (Å²) in [6.07, 6.45) is 6.53. The van der Waals surface area contributed by atoms with Gasteiger partial charge in [0.05, 0.1) is 6.20 Å². The zero-order valence-corrected chi connectivity index (χ0v) is 9.75. The second-order valence-corrected chi connectivity index (χ2v) is 4.87. The van der Waals surface area contributed by atoms with Crippen molar-refractivity contribution < 1.29 is 4.39 Å². The summed E-state index contributed by atoms with van der Waals surface area (Å²) in [6.45, 7) is 3.29. The maximum atomic E-state index is 12.6. The third-order valence-corrected chi connectivity index (χ3v) is 3.43. The van der Waals surface area contributed by atoms with E-state index in [1.54, 1.807) is 6.07 Å². The molecular weight excluding hydrogens is 203 g/mol. The summed E-state index contributed by atoms with van der Waals surface area (Å²) in [6, 6.07) is 3.14. The quantitative estimate of drug-likeness (QED) is 0.847. The van der Waals surface area contributed by atoms with Gasteiger partial charge in [0, 0.05) is 6.54 Å². The predicted octanol–water partition coefficient (Wildman–Crippen LogP) is 3.46. The number of pyridine rings is 1. The highest BCUT2D eigenvalue weighted by Crippen LogP contribution is 2.28. The van der Waals surface area contributed by atoms with Crippen molar-refractivity contribution in [1.29, 1.82) is 0 Å². The second-order valence-electron chi connectivity index (χ2n) is 4.87. The Balaban J connectivity index is 1.77. The Morgan fingerprint density at radius 2 is 2.06 bits per heavy atom. The van der Waals surface area contributed by atoms with Crippen LogP contribution < -0.4 is 5.32 Å². The summed E-state index contributed by atoms with van der Waals surface area (Å²) >= 11 is 0. The Morgan fingerprint density at radius 1 is 1.31 bits per heavy atom. The summed E-state index contributed by atoms with van der Waals surface area (Å²) in [5.74, 6) is 2.14. The van der Waals surface area contributed by atoms with Crippen molar-refractivity contribution in [1.82, 2.24) is 4.98 Å². The molecule has 0 unspecified atom stereocenters. The van der Waals surface area contributed by atoms with E-state index in [9.17, 15) is 4.39 Å². The highest BCUT2D eigenvalue weighted by molar-refractivity contribution is 5.33. The van der Waals surface area contributed by atoms with Crippen LogP contribution in [0.1, 0.15) is 32.6 Å². The molecule has 1 fully saturated rings. The maximum Gasteiger partial charge on any atom is 0.141 e. The molecule has 2 nitrogen and oxygen atoms in total. The highest BCUT2D eigenvalue weighted by Gasteiger charge is 2.17. The first-order chi connectivity index (χ1) is 7.74. The molecular formula is C13H19FN2. The lowest BCUT2D eigenvalue weighted by atomic mass is 9.83. The second kappa shape index (κ2) is 5.28. The van der Waals surface area contributed by atoms with Crippen LogP contribution in [-0.2, 0) is 0 Å². The molecule has 88 valence electrons. The number of hydrogen-bond donors (Lipinski definition) is 1. The Hall–Kier alpha value is -1.12. The lowest BCUT2D eigenvalue weighted by molar-refractivity contribution is 0.300. The lowest BCUT2D eigenvalue weighted by Crippen LogP contribution is -2.20. The van der Waals surface area contributed by atoms with Crippen molar-refractivity contribution in [3.8, 4) is 0 Å². The lowest BCUT2D eigenvalue weighted by Gasteiger charge is -2.26. The fourth-order valence-electron chi connectivity index (χ4n) is 2.26. The van der Waals surface area contributed by atoms with Crippen molar-refractivity contribution in [3.63, 3.8) is 0 Å². The number of nitrogens with zero attached hydrogens (tertiary/aromatic N) is 1. The van der Waals surface area contributed by atoms with Crippen LogP contribution in [0, 0.1) is 17.7 Å². The van der Waals surface area contributed by atoms with Gasteiger partial charge in [-0.2, -0.15) is 0 Å². The van der Waals surface area contributed by atoms with Crippen LogP contribution in [-0.4, -0.2) is 11.5 Å². The zero-order valence-electron chi connectivity index (χ0n) is 9.75. The van der Waals surface area contributed by atoms with Crippen molar-refractivity contribution in [2.24, 2.45) is 11.8 Å². The van der Waals surface area contributed by atoms with E-state index in [0.29, 0.717) is 0 Å². The van der Waals surface area contributed by atoms with E-state index < -0.39 is 0 Å². The van der Waals surface area contributed by atoms with Crippen molar-refractivity contribution in [3.05, 3.63) is 24.1 Å². The molecule has 0 aromatic carbocycles. The minimum Gasteiger partial charge on any atom is -0.370 e. The van der Waals surface area contributed by atoms with Crippen LogP contribution in [0.3, 0.4) is 0 Å². The van der Waals surface area contributed by atoms with Gasteiger partial charge in [-0.25, -0.2) is 9.37 Å². The molecule has 0 spiro atoms. The molecule has 1 aliphatic carbocycles. The minimum absolute atomic E-state index is 0.281. The van der Waals surface area contributed by atoms with E-state index in [1.807, 2.05) is 0 Å². The zero-order chi connectivity index (χ0) is 11.4. The number of anilines is 1. The number of halogens is 1. The molecule has 2 rings (SSSR count). The first-order valence-corrected chi connectivity index (χ1v) is 6.09. The van der Waals surface area contributed by atoms with E-state index in [2.05, 4.69) is 17.2 Å². The average Bonchev–Trinajstić information content (AvgIpc) is 2.30. The molecule has 1 aliphatic rings. The van der Waals surface area contributed by atoms with Crippen molar-refractivity contribution in [2.45, 2.75) is 32.6 Å². The van der Waals surface area contributed by atoms with Gasteiger partial charge in [0.1, 0.15) is 11.6 Å². The van der Waals surface area contributed by atoms with Crippen LogP contribution in [0.5, 0.6) is 0 Å². The predicted molar refractivity (Wildman–Crippen MR) is 63.8 cm³/mol. The molecule has 1 heterocycles. The minimum atomic E-state index is -0.281. The number of nitrogens with one attached hydrogen (secondary N) is 1. The number of hydrogen-bond acceptors (Lipinski definition) is 2. The first-order valence-electron chi connectivity index (χ1n) is 6.09. The average molecular weight is 222 g/mol. The highest BCUT2D eigenvalue weighted by atomic mass is 19.1. The van der Waals surface area contributed by atoms with Gasteiger partial charge in [-0.15, -0.1) is 0 Å². The fourth-order valence-corrected chi connectivity index (χ4v) is 2.26. The van der Waals surface area contributed by atoms with Gasteiger partial charge in [-0.3, -0.25) is 0 Å². The van der Waals surface area contributed by atoms with Crippen LogP contribution in [0.15, 0.2) is 18.3 Å². The third kappa shape index (κ3) is 3.19. The maximum absolute atomic E-state index is 12.6. The van der Waals surface area contributed by atoms with Gasteiger partial charge < -0.3 is 5.32 Å². The third-order valence-electron chi connectivity index (χ3n) is 3.43. The standard InChI is InChI=1S/C13H19FN2/c1-10-2-4-11(5-3-10)8-15-13-7-6-12(14)9-16-13/h6-7,9-11H,2-5,8H2,1H3,(H,15,16). The smallest absolute Gasteiger partial charge is 0.141 e. The molecule has 0 radical (unpaired) electrons. The fraction of sp³-hybridized carbons (Fsp3) is 0.615. The summed E-state index contributed by atoms with van der Waals surface area (Å²) < 4.78 is 12.6. The SMILES string of the molecule is CC1CCC(CNc2ccc(F)cn2)CC1. The molecule has 0 bridgehead atoms. The van der Waals surface area contributed by atoms with Crippen LogP contribution in [0.2, 0.25) is 0 Å². The van der Waals surface area contributed by atoms with Gasteiger partial charge in [0.15, 0.2) is 0 Å². The van der Waals surface area contributed by atoms with Crippen molar-refractivity contribution in [2.75, 3.05) is 11.9 Å². The molecule has 0 saturated heterocycles. The van der Waals surface area contributed by atoms with E-state index in [0.717, 1.165) is 24.2 Å². The molecule has 1 saturated carbocycles. The van der Waals surface area contributed by atoms with Gasteiger partial charge in [-0.1, -0.05) is 19.8 Å². The van der Waals surface area contributed by atoms with Crippen LogP contribution >= 0.6 is 0 Å². The van der Waals surface area contributed by atoms with Gasteiger partial charge in [0.25, 0.3) is 0 Å². The molecule has 1 N–H and O–H groups in total. The van der Waals surface area contributed by atoms with E-state index in [-0.39, 0.29) is 5.82 Å². The van der Waals surface area contributed by atoms with Crippen molar-refractivity contribution >= 4 is 5.82 Å². The van der Waals surface area contributed by atoms with E-state index >= 15 is 0 Å².